The number of hydrogen-bond donors (Lipinski definition) is 1. The fraction of sp³-hybridized carbons (Fsp3) is 0.414. The van der Waals surface area contributed by atoms with Crippen LogP contribution in [0.15, 0.2) is 47.5 Å². The fourth-order valence-electron chi connectivity index (χ4n) is 5.44. The van der Waals surface area contributed by atoms with E-state index in [-0.39, 0.29) is 23.1 Å². The number of methoxy groups -OCH3 is 1. The third-order valence-corrected chi connectivity index (χ3v) is 7.61. The first-order valence-electron chi connectivity index (χ1n) is 12.8. The van der Waals surface area contributed by atoms with Gasteiger partial charge >= 0.3 is 0 Å². The van der Waals surface area contributed by atoms with Crippen molar-refractivity contribution in [2.75, 3.05) is 45.9 Å². The molecular weight excluding hydrogens is 493 g/mol. The maximum absolute atomic E-state index is 15.7. The number of benzene rings is 3. The van der Waals surface area contributed by atoms with Crippen LogP contribution in [0.5, 0.6) is 5.75 Å². The lowest BCUT2D eigenvalue weighted by atomic mass is 9.95. The molecule has 0 aliphatic carbocycles. The molecule has 37 heavy (non-hydrogen) atoms. The van der Waals surface area contributed by atoms with Gasteiger partial charge in [0.15, 0.2) is 12.6 Å². The van der Waals surface area contributed by atoms with Crippen molar-refractivity contribution in [3.8, 4) is 16.9 Å². The molecule has 2 fully saturated rings. The van der Waals surface area contributed by atoms with Gasteiger partial charge in [-0.05, 0) is 66.8 Å². The zero-order chi connectivity index (χ0) is 25.8. The van der Waals surface area contributed by atoms with Crippen molar-refractivity contribution in [2.45, 2.75) is 37.8 Å². The Balaban J connectivity index is 1.30. The summed E-state index contributed by atoms with van der Waals surface area (Å²) < 4.78 is 32.0. The van der Waals surface area contributed by atoms with Crippen molar-refractivity contribution < 1.29 is 18.6 Å². The molecule has 0 radical (unpaired) electrons. The molecule has 0 amide bonds. The van der Waals surface area contributed by atoms with Crippen molar-refractivity contribution in [3.05, 3.63) is 58.9 Å². The molecule has 2 aliphatic heterocycles. The normalized spacial score (nSPS) is 19.8. The Morgan fingerprint density at radius 3 is 2.73 bits per heavy atom. The first-order chi connectivity index (χ1) is 18.1. The molecule has 5 rings (SSSR count). The standard InChI is InChI=1S/C29H33ClFN3O3/c1-35-18-37-23-12-19-6-2-3-7-24(19)25(14-23)27-26(30)13-20(29(32)28(27)31)15-33-10-4-5-11-34-21-8-9-22(34)17-36-16-21/h2-3,6-7,12-15,21-22H,4-5,8-11,16-18,32H2,1H3. The van der Waals surface area contributed by atoms with Crippen LogP contribution in [0.25, 0.3) is 21.9 Å². The number of nitrogens with zero attached hydrogens (tertiary/aromatic N) is 2. The number of fused-ring (bicyclic) bond motifs is 3. The summed E-state index contributed by atoms with van der Waals surface area (Å²) in [7, 11) is 1.55. The molecule has 2 saturated heterocycles. The van der Waals surface area contributed by atoms with E-state index in [1.165, 1.54) is 12.8 Å². The summed E-state index contributed by atoms with van der Waals surface area (Å²) in [5.41, 5.74) is 7.60. The Morgan fingerprint density at radius 1 is 1.16 bits per heavy atom. The van der Waals surface area contributed by atoms with Crippen molar-refractivity contribution in [1.82, 2.24) is 4.90 Å². The lowest BCUT2D eigenvalue weighted by Gasteiger charge is -2.34. The number of aliphatic imine (C=N–C) groups is 1. The number of ether oxygens (including phenoxy) is 3. The predicted molar refractivity (Wildman–Crippen MR) is 147 cm³/mol. The zero-order valence-corrected chi connectivity index (χ0v) is 21.8. The molecule has 2 N–H and O–H groups in total. The summed E-state index contributed by atoms with van der Waals surface area (Å²) in [4.78, 5) is 7.11. The van der Waals surface area contributed by atoms with Gasteiger partial charge in [0.05, 0.1) is 23.9 Å². The van der Waals surface area contributed by atoms with Gasteiger partial charge in [-0.2, -0.15) is 0 Å². The molecule has 0 aromatic heterocycles. The van der Waals surface area contributed by atoms with E-state index in [0.29, 0.717) is 35.5 Å². The first-order valence-corrected chi connectivity index (χ1v) is 13.2. The molecule has 0 saturated carbocycles. The number of halogens is 2. The Kier molecular flexibility index (Phi) is 8.25. The number of nitrogens with two attached hydrogens (primary N) is 1. The van der Waals surface area contributed by atoms with Crippen molar-refractivity contribution in [1.29, 1.82) is 0 Å². The van der Waals surface area contributed by atoms with Crippen LogP contribution in [-0.2, 0) is 9.47 Å². The second-order valence-corrected chi connectivity index (χ2v) is 10.1. The third-order valence-electron chi connectivity index (χ3n) is 7.31. The summed E-state index contributed by atoms with van der Waals surface area (Å²) >= 11 is 6.64. The minimum Gasteiger partial charge on any atom is -0.468 e. The molecule has 6 nitrogen and oxygen atoms in total. The highest BCUT2D eigenvalue weighted by Gasteiger charge is 2.36. The van der Waals surface area contributed by atoms with E-state index < -0.39 is 5.82 Å². The first kappa shape index (κ1) is 25.9. The highest BCUT2D eigenvalue weighted by atomic mass is 35.5. The summed E-state index contributed by atoms with van der Waals surface area (Å²) in [5.74, 6) is -0.00824. The summed E-state index contributed by atoms with van der Waals surface area (Å²) in [5, 5.41) is 2.02. The molecule has 2 heterocycles. The van der Waals surface area contributed by atoms with Gasteiger partial charge in [0.1, 0.15) is 5.75 Å². The summed E-state index contributed by atoms with van der Waals surface area (Å²) in [6.07, 6.45) is 6.14. The van der Waals surface area contributed by atoms with E-state index in [4.69, 9.17) is 31.5 Å². The largest absolute Gasteiger partial charge is 0.468 e. The van der Waals surface area contributed by atoms with Crippen LogP contribution in [0.4, 0.5) is 10.1 Å². The molecular formula is C29H33ClFN3O3. The lowest BCUT2D eigenvalue weighted by molar-refractivity contribution is -0.0149. The average Bonchev–Trinajstić information content (AvgIpc) is 3.12. The van der Waals surface area contributed by atoms with Crippen LogP contribution in [0.1, 0.15) is 31.2 Å². The highest BCUT2D eigenvalue weighted by molar-refractivity contribution is 6.34. The number of morpholine rings is 1. The van der Waals surface area contributed by atoms with Gasteiger partial charge in [-0.1, -0.05) is 35.9 Å². The van der Waals surface area contributed by atoms with E-state index in [2.05, 4.69) is 9.89 Å². The smallest absolute Gasteiger partial charge is 0.188 e. The summed E-state index contributed by atoms with van der Waals surface area (Å²) in [6.45, 7) is 3.53. The van der Waals surface area contributed by atoms with E-state index in [0.717, 1.165) is 43.4 Å². The second-order valence-electron chi connectivity index (χ2n) is 9.70. The van der Waals surface area contributed by atoms with E-state index >= 15 is 4.39 Å². The molecule has 2 aliphatic rings. The maximum Gasteiger partial charge on any atom is 0.188 e. The van der Waals surface area contributed by atoms with Gasteiger partial charge in [-0.25, -0.2) is 4.39 Å². The van der Waals surface area contributed by atoms with Crippen LogP contribution in [0.2, 0.25) is 5.02 Å². The second kappa shape index (κ2) is 11.8. The van der Waals surface area contributed by atoms with Crippen molar-refractivity contribution >= 4 is 34.3 Å². The summed E-state index contributed by atoms with van der Waals surface area (Å²) in [6, 6.07) is 14.2. The number of anilines is 1. The molecule has 3 aromatic rings. The molecule has 8 heteroatoms. The number of rotatable bonds is 10. The molecule has 196 valence electrons. The van der Waals surface area contributed by atoms with Crippen LogP contribution < -0.4 is 10.5 Å². The highest BCUT2D eigenvalue weighted by Crippen LogP contribution is 2.41. The maximum atomic E-state index is 15.7. The molecule has 2 bridgehead atoms. The quantitative estimate of drug-likeness (QED) is 0.154. The van der Waals surface area contributed by atoms with E-state index in [1.807, 2.05) is 30.3 Å². The van der Waals surface area contributed by atoms with Gasteiger partial charge in [0.25, 0.3) is 0 Å². The Bertz CT molecular complexity index is 1270. The molecule has 3 aromatic carbocycles. The van der Waals surface area contributed by atoms with Gasteiger partial charge < -0.3 is 19.9 Å². The Morgan fingerprint density at radius 2 is 1.95 bits per heavy atom. The third kappa shape index (κ3) is 5.60. The van der Waals surface area contributed by atoms with Crippen LogP contribution >= 0.6 is 11.6 Å². The topological polar surface area (TPSA) is 69.3 Å². The fourth-order valence-corrected chi connectivity index (χ4v) is 5.75. The SMILES string of the molecule is COCOc1cc(-c2c(Cl)cc(C=NCCCCN3C4CCC3COC4)c(N)c2F)c2ccccc2c1. The van der Waals surface area contributed by atoms with Gasteiger partial charge in [0.2, 0.25) is 0 Å². The number of hydrogen-bond acceptors (Lipinski definition) is 6. The van der Waals surface area contributed by atoms with Crippen LogP contribution in [0, 0.1) is 5.82 Å². The number of nitrogen functional groups attached to an aromatic ring is 1. The van der Waals surface area contributed by atoms with E-state index in [9.17, 15) is 0 Å². The van der Waals surface area contributed by atoms with Gasteiger partial charge in [-0.15, -0.1) is 0 Å². The van der Waals surface area contributed by atoms with Crippen LogP contribution in [0.3, 0.4) is 0 Å². The van der Waals surface area contributed by atoms with Gasteiger partial charge in [0, 0.05) is 43.1 Å². The average molecular weight is 526 g/mol. The predicted octanol–water partition coefficient (Wildman–Crippen LogP) is 5.93. The van der Waals surface area contributed by atoms with E-state index in [1.54, 1.807) is 25.5 Å². The van der Waals surface area contributed by atoms with Crippen molar-refractivity contribution in [2.24, 2.45) is 4.99 Å². The monoisotopic (exact) mass is 525 g/mol. The minimum absolute atomic E-state index is 0.0281. The van der Waals surface area contributed by atoms with Gasteiger partial charge in [-0.3, -0.25) is 9.89 Å². The lowest BCUT2D eigenvalue weighted by Crippen LogP contribution is -2.46. The minimum atomic E-state index is -0.564. The van der Waals surface area contributed by atoms with Crippen molar-refractivity contribution in [3.63, 3.8) is 0 Å². The number of unbranched alkanes of at least 4 members (excludes halogenated alkanes) is 1. The Labute approximate surface area is 222 Å². The van der Waals surface area contributed by atoms with Crippen LogP contribution in [-0.4, -0.2) is 63.4 Å². The zero-order valence-electron chi connectivity index (χ0n) is 21.1. The Hall–Kier alpha value is -2.71. The molecule has 2 atom stereocenters. The molecule has 0 spiro atoms. The molecule has 2 unspecified atom stereocenters.